The van der Waals surface area contributed by atoms with Crippen LogP contribution >= 0.6 is 11.3 Å². The first-order chi connectivity index (χ1) is 9.13. The summed E-state index contributed by atoms with van der Waals surface area (Å²) >= 11 is 1.73. The van der Waals surface area contributed by atoms with Crippen LogP contribution in [0.3, 0.4) is 0 Å². The van der Waals surface area contributed by atoms with Crippen molar-refractivity contribution in [3.63, 3.8) is 0 Å². The van der Waals surface area contributed by atoms with E-state index in [9.17, 15) is 0 Å². The Labute approximate surface area is 117 Å². The average Bonchev–Trinajstić information content (AvgIpc) is 2.90. The number of hydrogen-bond acceptors (Lipinski definition) is 4. The van der Waals surface area contributed by atoms with Crippen molar-refractivity contribution in [3.8, 4) is 6.07 Å². The van der Waals surface area contributed by atoms with Gasteiger partial charge < -0.3 is 11.1 Å². The monoisotopic (exact) mass is 271 g/mol. The van der Waals surface area contributed by atoms with Crippen LogP contribution in [0.5, 0.6) is 0 Å². The number of benzene rings is 1. The van der Waals surface area contributed by atoms with Gasteiger partial charge >= 0.3 is 0 Å². The fourth-order valence-corrected chi connectivity index (χ4v) is 2.94. The molecule has 3 N–H and O–H groups in total. The molecule has 0 radical (unpaired) electrons. The molecule has 0 fully saturated rings. The van der Waals surface area contributed by atoms with E-state index in [4.69, 9.17) is 11.0 Å². The quantitative estimate of drug-likeness (QED) is 0.826. The minimum atomic E-state index is 0.205. The molecule has 19 heavy (non-hydrogen) atoms. The van der Waals surface area contributed by atoms with Gasteiger partial charge in [0.1, 0.15) is 6.07 Å². The van der Waals surface area contributed by atoms with Crippen LogP contribution in [-0.4, -0.2) is 0 Å². The molecule has 1 heterocycles. The molecule has 1 unspecified atom stereocenters. The van der Waals surface area contributed by atoms with Crippen molar-refractivity contribution >= 4 is 22.7 Å². The molecule has 3 nitrogen and oxygen atoms in total. The summed E-state index contributed by atoms with van der Waals surface area (Å²) in [6.45, 7) is 4.34. The van der Waals surface area contributed by atoms with E-state index < -0.39 is 0 Å². The summed E-state index contributed by atoms with van der Waals surface area (Å²) < 4.78 is 0. The predicted octanol–water partition coefficient (Wildman–Crippen LogP) is 4.01. The normalized spacial score (nSPS) is 12.1. The average molecular weight is 271 g/mol. The van der Waals surface area contributed by atoms with E-state index in [1.54, 1.807) is 17.4 Å². The minimum absolute atomic E-state index is 0.205. The fourth-order valence-electron chi connectivity index (χ4n) is 1.99. The Balaban J connectivity index is 2.31. The van der Waals surface area contributed by atoms with Gasteiger partial charge in [-0.2, -0.15) is 5.26 Å². The zero-order chi connectivity index (χ0) is 13.8. The second kappa shape index (κ2) is 5.77. The lowest BCUT2D eigenvalue weighted by Gasteiger charge is -2.23. The number of nitrogens with one attached hydrogen (secondary N) is 1. The third-order valence-electron chi connectivity index (χ3n) is 3.05. The number of anilines is 2. The number of nitrogens with zero attached hydrogens (tertiary/aromatic N) is 1. The molecule has 1 aromatic heterocycles. The number of nitrogens with two attached hydrogens (primary N) is 1. The minimum Gasteiger partial charge on any atom is -0.396 e. The van der Waals surface area contributed by atoms with Gasteiger partial charge in [0.2, 0.25) is 0 Å². The maximum absolute atomic E-state index is 9.01. The Morgan fingerprint density at radius 1 is 1.26 bits per heavy atom. The van der Waals surface area contributed by atoms with Crippen molar-refractivity contribution in [2.45, 2.75) is 19.9 Å². The maximum Gasteiger partial charge on any atom is 0.101 e. The Bertz CT molecular complexity index is 582. The van der Waals surface area contributed by atoms with Crippen LogP contribution in [0.25, 0.3) is 0 Å². The van der Waals surface area contributed by atoms with E-state index in [0.717, 1.165) is 5.69 Å². The molecular formula is C15H17N3S. The summed E-state index contributed by atoms with van der Waals surface area (Å²) in [5.41, 5.74) is 7.87. The third kappa shape index (κ3) is 2.88. The molecule has 0 saturated carbocycles. The van der Waals surface area contributed by atoms with Crippen LogP contribution in [0.2, 0.25) is 0 Å². The second-order valence-electron chi connectivity index (χ2n) is 4.76. The van der Waals surface area contributed by atoms with Gasteiger partial charge in [0, 0.05) is 4.88 Å². The van der Waals surface area contributed by atoms with Crippen LogP contribution in [0.1, 0.15) is 30.3 Å². The zero-order valence-corrected chi connectivity index (χ0v) is 11.9. The second-order valence-corrected chi connectivity index (χ2v) is 5.74. The highest BCUT2D eigenvalue weighted by molar-refractivity contribution is 7.10. The molecule has 0 aliphatic rings. The molecule has 1 aromatic carbocycles. The molecule has 4 heteroatoms. The molecule has 2 rings (SSSR count). The van der Waals surface area contributed by atoms with E-state index in [1.165, 1.54) is 4.88 Å². The SMILES string of the molecule is CC(C)C(Nc1cccc(C#N)c1N)c1cccs1. The Morgan fingerprint density at radius 2 is 2.05 bits per heavy atom. The first kappa shape index (κ1) is 13.4. The number of nitriles is 1. The molecule has 0 amide bonds. The van der Waals surface area contributed by atoms with Gasteiger partial charge in [-0.1, -0.05) is 26.0 Å². The first-order valence-corrected chi connectivity index (χ1v) is 7.10. The highest BCUT2D eigenvalue weighted by Crippen LogP contribution is 2.32. The largest absolute Gasteiger partial charge is 0.396 e. The predicted molar refractivity (Wildman–Crippen MR) is 81.1 cm³/mol. The molecule has 0 aliphatic carbocycles. The van der Waals surface area contributed by atoms with Gasteiger partial charge in [0.25, 0.3) is 0 Å². The summed E-state index contributed by atoms with van der Waals surface area (Å²) in [5, 5.41) is 14.5. The van der Waals surface area contributed by atoms with Crippen LogP contribution in [0, 0.1) is 17.2 Å². The van der Waals surface area contributed by atoms with Gasteiger partial charge in [-0.05, 0) is 29.5 Å². The Morgan fingerprint density at radius 3 is 2.63 bits per heavy atom. The van der Waals surface area contributed by atoms with E-state index in [0.29, 0.717) is 17.2 Å². The van der Waals surface area contributed by atoms with Crippen molar-refractivity contribution in [2.24, 2.45) is 5.92 Å². The van der Waals surface area contributed by atoms with Crippen molar-refractivity contribution in [2.75, 3.05) is 11.1 Å². The maximum atomic E-state index is 9.01. The van der Waals surface area contributed by atoms with E-state index in [-0.39, 0.29) is 6.04 Å². The molecule has 0 spiro atoms. The highest BCUT2D eigenvalue weighted by atomic mass is 32.1. The van der Waals surface area contributed by atoms with Gasteiger partial charge in [-0.15, -0.1) is 11.3 Å². The molecule has 0 bridgehead atoms. The highest BCUT2D eigenvalue weighted by Gasteiger charge is 2.18. The number of thiophene rings is 1. The van der Waals surface area contributed by atoms with Gasteiger partial charge in [0.05, 0.1) is 23.0 Å². The van der Waals surface area contributed by atoms with E-state index in [1.807, 2.05) is 18.2 Å². The van der Waals surface area contributed by atoms with E-state index >= 15 is 0 Å². The molecule has 98 valence electrons. The number of nitrogen functional groups attached to an aromatic ring is 1. The Kier molecular flexibility index (Phi) is 4.08. The van der Waals surface area contributed by atoms with Crippen molar-refractivity contribution in [1.29, 1.82) is 5.26 Å². The molecule has 2 aromatic rings. The van der Waals surface area contributed by atoms with E-state index in [2.05, 4.69) is 36.7 Å². The molecular weight excluding hydrogens is 254 g/mol. The van der Waals surface area contributed by atoms with Crippen molar-refractivity contribution in [3.05, 3.63) is 46.2 Å². The number of para-hydroxylation sites is 1. The van der Waals surface area contributed by atoms with Crippen LogP contribution in [0.15, 0.2) is 35.7 Å². The van der Waals surface area contributed by atoms with Gasteiger partial charge in [0.15, 0.2) is 0 Å². The fraction of sp³-hybridized carbons (Fsp3) is 0.267. The third-order valence-corrected chi connectivity index (χ3v) is 4.01. The molecule has 1 atom stereocenters. The zero-order valence-electron chi connectivity index (χ0n) is 11.1. The lowest BCUT2D eigenvalue weighted by Crippen LogP contribution is -2.16. The lowest BCUT2D eigenvalue weighted by atomic mass is 10.0. The standard InChI is InChI=1S/C15H17N3S/c1-10(2)15(13-7-4-8-19-13)18-12-6-3-5-11(9-16)14(12)17/h3-8,10,15,18H,17H2,1-2H3. The van der Waals surface area contributed by atoms with Gasteiger partial charge in [-0.3, -0.25) is 0 Å². The topological polar surface area (TPSA) is 61.8 Å². The van der Waals surface area contributed by atoms with Crippen molar-refractivity contribution < 1.29 is 0 Å². The Hall–Kier alpha value is -1.99. The summed E-state index contributed by atoms with van der Waals surface area (Å²) in [4.78, 5) is 1.27. The first-order valence-electron chi connectivity index (χ1n) is 6.22. The smallest absolute Gasteiger partial charge is 0.101 e. The summed E-state index contributed by atoms with van der Waals surface area (Å²) in [7, 11) is 0. The van der Waals surface area contributed by atoms with Crippen molar-refractivity contribution in [1.82, 2.24) is 0 Å². The van der Waals surface area contributed by atoms with Crippen LogP contribution in [0.4, 0.5) is 11.4 Å². The van der Waals surface area contributed by atoms with Gasteiger partial charge in [-0.25, -0.2) is 0 Å². The summed E-state index contributed by atoms with van der Waals surface area (Å²) in [6, 6.07) is 12.0. The van der Waals surface area contributed by atoms with Crippen LogP contribution in [-0.2, 0) is 0 Å². The molecule has 0 saturated heterocycles. The lowest BCUT2D eigenvalue weighted by molar-refractivity contribution is 0.554. The summed E-state index contributed by atoms with van der Waals surface area (Å²) in [5.74, 6) is 0.434. The number of rotatable bonds is 4. The summed E-state index contributed by atoms with van der Waals surface area (Å²) in [6.07, 6.45) is 0. The van der Waals surface area contributed by atoms with Crippen LogP contribution < -0.4 is 11.1 Å². The molecule has 0 aliphatic heterocycles. The number of hydrogen-bond donors (Lipinski definition) is 2.